The summed E-state index contributed by atoms with van der Waals surface area (Å²) in [5.74, 6) is -1.20. The van der Waals surface area contributed by atoms with Crippen LogP contribution < -0.4 is 5.32 Å². The molecule has 5 nitrogen and oxygen atoms in total. The van der Waals surface area contributed by atoms with Crippen molar-refractivity contribution in [3.63, 3.8) is 0 Å². The van der Waals surface area contributed by atoms with Gasteiger partial charge < -0.3 is 15.2 Å². The first kappa shape index (κ1) is 15.0. The Morgan fingerprint density at radius 1 is 1.23 bits per heavy atom. The lowest BCUT2D eigenvalue weighted by Crippen LogP contribution is -2.37. The lowest BCUT2D eigenvalue weighted by Gasteiger charge is -2.20. The zero-order valence-corrected chi connectivity index (χ0v) is 12.8. The van der Waals surface area contributed by atoms with Gasteiger partial charge in [0, 0.05) is 0 Å². The van der Waals surface area contributed by atoms with E-state index < -0.39 is 18.2 Å². The van der Waals surface area contributed by atoms with Crippen molar-refractivity contribution in [3.05, 3.63) is 35.4 Å². The first-order valence-corrected chi connectivity index (χ1v) is 7.66. The summed E-state index contributed by atoms with van der Waals surface area (Å²) in [5.41, 5.74) is 2.43. The van der Waals surface area contributed by atoms with Crippen molar-refractivity contribution in [1.82, 2.24) is 5.32 Å². The number of carbonyl (C=O) groups is 2. The summed E-state index contributed by atoms with van der Waals surface area (Å²) in [7, 11) is 0. The van der Waals surface area contributed by atoms with Gasteiger partial charge in [-0.3, -0.25) is 4.79 Å². The van der Waals surface area contributed by atoms with Crippen LogP contribution in [0.5, 0.6) is 0 Å². The van der Waals surface area contributed by atoms with Gasteiger partial charge in [0.05, 0.1) is 6.04 Å². The van der Waals surface area contributed by atoms with Crippen LogP contribution in [0.15, 0.2) is 24.3 Å². The summed E-state index contributed by atoms with van der Waals surface area (Å²) in [6, 6.07) is 8.11. The molecule has 1 aliphatic carbocycles. The number of nitrogens with one attached hydrogen (secondary N) is 1. The van der Waals surface area contributed by atoms with E-state index in [9.17, 15) is 9.59 Å². The van der Waals surface area contributed by atoms with Crippen LogP contribution in [0.25, 0.3) is 0 Å². The molecule has 2 aliphatic rings. The number of carbonyl (C=O) groups excluding carboxylic acids is 1. The maximum Gasteiger partial charge on any atom is 0.332 e. The molecule has 0 radical (unpaired) electrons. The second kappa shape index (κ2) is 5.39. The summed E-state index contributed by atoms with van der Waals surface area (Å²) in [4.78, 5) is 23.3. The quantitative estimate of drug-likeness (QED) is 0.897. The van der Waals surface area contributed by atoms with Gasteiger partial charge in [0.1, 0.15) is 6.10 Å². The Bertz CT molecular complexity index is 610. The molecule has 1 aromatic carbocycles. The lowest BCUT2D eigenvalue weighted by molar-refractivity contribution is -0.151. The highest BCUT2D eigenvalue weighted by molar-refractivity contribution is 5.83. The topological polar surface area (TPSA) is 75.6 Å². The van der Waals surface area contributed by atoms with Crippen LogP contribution in [0.3, 0.4) is 0 Å². The summed E-state index contributed by atoms with van der Waals surface area (Å²) in [6.45, 7) is 4.34. The number of benzene rings is 1. The van der Waals surface area contributed by atoms with Crippen molar-refractivity contribution in [1.29, 1.82) is 0 Å². The normalized spacial score (nSPS) is 29.1. The number of carboxylic acids is 1. The van der Waals surface area contributed by atoms with Crippen molar-refractivity contribution in [3.8, 4) is 0 Å². The highest BCUT2D eigenvalue weighted by Crippen LogP contribution is 2.44. The first-order valence-electron chi connectivity index (χ1n) is 7.66. The lowest BCUT2D eigenvalue weighted by atomic mass is 9.86. The average molecular weight is 303 g/mol. The van der Waals surface area contributed by atoms with Crippen molar-refractivity contribution in [2.75, 3.05) is 0 Å². The van der Waals surface area contributed by atoms with E-state index in [1.165, 1.54) is 5.56 Å². The van der Waals surface area contributed by atoms with Crippen LogP contribution in [0.1, 0.15) is 50.3 Å². The monoisotopic (exact) mass is 303 g/mol. The second-order valence-corrected chi connectivity index (χ2v) is 6.77. The molecule has 1 aromatic rings. The molecule has 22 heavy (non-hydrogen) atoms. The third-order valence-electron chi connectivity index (χ3n) is 4.68. The molecule has 3 rings (SSSR count). The van der Waals surface area contributed by atoms with Gasteiger partial charge >= 0.3 is 5.97 Å². The zero-order valence-electron chi connectivity index (χ0n) is 12.8. The molecule has 0 bridgehead atoms. The number of ether oxygens (including phenoxy) is 1. The predicted molar refractivity (Wildman–Crippen MR) is 80.5 cm³/mol. The summed E-state index contributed by atoms with van der Waals surface area (Å²) >= 11 is 0. The van der Waals surface area contributed by atoms with Crippen LogP contribution in [0, 0.1) is 0 Å². The first-order chi connectivity index (χ1) is 10.4. The van der Waals surface area contributed by atoms with Crippen molar-refractivity contribution in [2.24, 2.45) is 0 Å². The van der Waals surface area contributed by atoms with Gasteiger partial charge in [0.2, 0.25) is 5.91 Å². The molecule has 1 amide bonds. The van der Waals surface area contributed by atoms with Gasteiger partial charge in [0.15, 0.2) is 6.10 Å². The third kappa shape index (κ3) is 2.61. The van der Waals surface area contributed by atoms with E-state index in [-0.39, 0.29) is 17.4 Å². The molecule has 118 valence electrons. The fraction of sp³-hybridized carbons (Fsp3) is 0.529. The smallest absolute Gasteiger partial charge is 0.332 e. The van der Waals surface area contributed by atoms with Crippen molar-refractivity contribution in [2.45, 2.75) is 56.8 Å². The molecule has 1 aliphatic heterocycles. The molecule has 1 saturated heterocycles. The van der Waals surface area contributed by atoms with E-state index in [1.54, 1.807) is 0 Å². The number of fused-ring (bicyclic) bond motifs is 1. The number of hydrogen-bond acceptors (Lipinski definition) is 3. The molecule has 1 unspecified atom stereocenters. The Labute approximate surface area is 129 Å². The van der Waals surface area contributed by atoms with Gasteiger partial charge in [0.25, 0.3) is 0 Å². The minimum absolute atomic E-state index is 0.0225. The number of carboxylic acid groups (broad SMARTS) is 1. The van der Waals surface area contributed by atoms with Crippen LogP contribution in [-0.2, 0) is 19.7 Å². The SMILES string of the molecule is CC1(C)CC(NC(=O)[C@@H]2CC[C@H](C(=O)O)O2)c2ccccc21. The predicted octanol–water partition coefficient (Wildman–Crippen LogP) is 2.16. The van der Waals surface area contributed by atoms with Crippen molar-refractivity contribution >= 4 is 11.9 Å². The van der Waals surface area contributed by atoms with Crippen LogP contribution in [0.2, 0.25) is 0 Å². The van der Waals surface area contributed by atoms with Gasteiger partial charge in [-0.15, -0.1) is 0 Å². The van der Waals surface area contributed by atoms with E-state index in [2.05, 4.69) is 25.2 Å². The standard InChI is InChI=1S/C17H21NO4/c1-17(2)9-12(10-5-3-4-6-11(10)17)18-15(19)13-7-8-14(22-13)16(20)21/h3-6,12-14H,7-9H2,1-2H3,(H,18,19)(H,20,21)/t12?,13-,14+/m0/s1. The third-order valence-corrected chi connectivity index (χ3v) is 4.68. The fourth-order valence-corrected chi connectivity index (χ4v) is 3.55. The summed E-state index contributed by atoms with van der Waals surface area (Å²) < 4.78 is 5.32. The van der Waals surface area contributed by atoms with Crippen LogP contribution >= 0.6 is 0 Å². The molecule has 2 N–H and O–H groups in total. The fourth-order valence-electron chi connectivity index (χ4n) is 3.55. The number of hydrogen-bond donors (Lipinski definition) is 2. The molecular weight excluding hydrogens is 282 g/mol. The van der Waals surface area contributed by atoms with E-state index in [0.717, 1.165) is 12.0 Å². The Hall–Kier alpha value is -1.88. The number of aliphatic carboxylic acids is 1. The van der Waals surface area contributed by atoms with Crippen LogP contribution in [0.4, 0.5) is 0 Å². The highest BCUT2D eigenvalue weighted by atomic mass is 16.5. The Morgan fingerprint density at radius 3 is 2.59 bits per heavy atom. The molecular formula is C17H21NO4. The van der Waals surface area contributed by atoms with E-state index >= 15 is 0 Å². The largest absolute Gasteiger partial charge is 0.479 e. The summed E-state index contributed by atoms with van der Waals surface area (Å²) in [6.07, 6.45) is 0.175. The molecule has 1 fully saturated rings. The van der Waals surface area contributed by atoms with Crippen molar-refractivity contribution < 1.29 is 19.4 Å². The molecule has 3 atom stereocenters. The Morgan fingerprint density at radius 2 is 1.91 bits per heavy atom. The molecule has 0 aromatic heterocycles. The van der Waals surface area contributed by atoms with Gasteiger partial charge in [-0.2, -0.15) is 0 Å². The molecule has 5 heteroatoms. The average Bonchev–Trinajstić information content (AvgIpc) is 3.04. The molecule has 1 heterocycles. The Kier molecular flexibility index (Phi) is 3.68. The zero-order chi connectivity index (χ0) is 15.9. The van der Waals surface area contributed by atoms with E-state index in [1.807, 2.05) is 18.2 Å². The molecule has 0 saturated carbocycles. The van der Waals surface area contributed by atoms with Gasteiger partial charge in [-0.1, -0.05) is 38.1 Å². The van der Waals surface area contributed by atoms with E-state index in [4.69, 9.17) is 9.84 Å². The Balaban J connectivity index is 1.70. The molecule has 0 spiro atoms. The maximum atomic E-state index is 12.4. The summed E-state index contributed by atoms with van der Waals surface area (Å²) in [5, 5.41) is 12.0. The van der Waals surface area contributed by atoms with Gasteiger partial charge in [-0.25, -0.2) is 4.79 Å². The number of rotatable bonds is 3. The second-order valence-electron chi connectivity index (χ2n) is 6.77. The number of amides is 1. The highest BCUT2D eigenvalue weighted by Gasteiger charge is 2.40. The van der Waals surface area contributed by atoms with E-state index in [0.29, 0.717) is 12.8 Å². The van der Waals surface area contributed by atoms with Crippen LogP contribution in [-0.4, -0.2) is 29.2 Å². The van der Waals surface area contributed by atoms with Gasteiger partial charge in [-0.05, 0) is 35.8 Å². The minimum Gasteiger partial charge on any atom is -0.479 e. The maximum absolute atomic E-state index is 12.4. The minimum atomic E-state index is -0.998.